The molecule has 0 heterocycles. The topological polar surface area (TPSA) is 38.0 Å². The SMILES string of the molecule is Cc1cc(C(NN)C2CCC(C(C)(C)C)CC2)ccc1F. The summed E-state index contributed by atoms with van der Waals surface area (Å²) in [6.45, 7) is 8.81. The molecule has 0 bridgehead atoms. The molecule has 1 atom stereocenters. The quantitative estimate of drug-likeness (QED) is 0.636. The average Bonchev–Trinajstić information content (AvgIpc) is 2.43. The molecular weight excluding hydrogens is 263 g/mol. The third-order valence-corrected chi connectivity index (χ3v) is 5.19. The van der Waals surface area contributed by atoms with E-state index in [0.29, 0.717) is 16.9 Å². The van der Waals surface area contributed by atoms with Crippen LogP contribution in [0, 0.1) is 30.0 Å². The summed E-state index contributed by atoms with van der Waals surface area (Å²) in [6.07, 6.45) is 4.89. The van der Waals surface area contributed by atoms with E-state index in [-0.39, 0.29) is 11.9 Å². The summed E-state index contributed by atoms with van der Waals surface area (Å²) in [7, 11) is 0. The molecule has 0 aromatic heterocycles. The number of aryl methyl sites for hydroxylation is 1. The van der Waals surface area contributed by atoms with Crippen molar-refractivity contribution in [3.05, 3.63) is 35.1 Å². The van der Waals surface area contributed by atoms with Gasteiger partial charge in [-0.05, 0) is 67.1 Å². The van der Waals surface area contributed by atoms with E-state index in [1.807, 2.05) is 19.1 Å². The first kappa shape index (κ1) is 16.4. The molecule has 1 aromatic rings. The van der Waals surface area contributed by atoms with Crippen molar-refractivity contribution >= 4 is 0 Å². The maximum Gasteiger partial charge on any atom is 0.126 e. The highest BCUT2D eigenvalue weighted by molar-refractivity contribution is 5.27. The van der Waals surface area contributed by atoms with E-state index in [2.05, 4.69) is 26.2 Å². The van der Waals surface area contributed by atoms with Gasteiger partial charge in [0.25, 0.3) is 0 Å². The third kappa shape index (κ3) is 3.83. The molecule has 2 rings (SSSR count). The molecule has 118 valence electrons. The summed E-state index contributed by atoms with van der Waals surface area (Å²) in [5, 5.41) is 0. The predicted octanol–water partition coefficient (Wildman–Crippen LogP) is 4.49. The molecule has 21 heavy (non-hydrogen) atoms. The first-order valence-electron chi connectivity index (χ1n) is 8.05. The van der Waals surface area contributed by atoms with Gasteiger partial charge in [-0.2, -0.15) is 0 Å². The second kappa shape index (κ2) is 6.45. The molecular formula is C18H29FN2. The molecule has 3 heteroatoms. The first-order chi connectivity index (χ1) is 9.82. The highest BCUT2D eigenvalue weighted by Crippen LogP contribution is 2.43. The van der Waals surface area contributed by atoms with E-state index < -0.39 is 0 Å². The molecule has 0 aliphatic heterocycles. The maximum absolute atomic E-state index is 13.4. The van der Waals surface area contributed by atoms with Gasteiger partial charge in [-0.15, -0.1) is 0 Å². The number of nitrogens with one attached hydrogen (secondary N) is 1. The van der Waals surface area contributed by atoms with Crippen LogP contribution >= 0.6 is 0 Å². The normalized spacial score (nSPS) is 24.9. The Morgan fingerprint density at radius 3 is 2.29 bits per heavy atom. The lowest BCUT2D eigenvalue weighted by molar-refractivity contribution is 0.132. The van der Waals surface area contributed by atoms with Gasteiger partial charge in [0, 0.05) is 6.04 Å². The number of halogens is 1. The number of nitrogens with two attached hydrogens (primary N) is 1. The van der Waals surface area contributed by atoms with Gasteiger partial charge in [-0.1, -0.05) is 32.9 Å². The molecule has 1 aromatic carbocycles. The molecule has 1 unspecified atom stereocenters. The molecule has 0 amide bonds. The summed E-state index contributed by atoms with van der Waals surface area (Å²) in [5.41, 5.74) is 5.16. The molecule has 0 radical (unpaired) electrons. The van der Waals surface area contributed by atoms with Crippen molar-refractivity contribution in [2.75, 3.05) is 0 Å². The minimum Gasteiger partial charge on any atom is -0.271 e. The van der Waals surface area contributed by atoms with Crippen LogP contribution in [0.15, 0.2) is 18.2 Å². The van der Waals surface area contributed by atoms with Crippen molar-refractivity contribution in [3.8, 4) is 0 Å². The largest absolute Gasteiger partial charge is 0.271 e. The summed E-state index contributed by atoms with van der Waals surface area (Å²) < 4.78 is 13.4. The maximum atomic E-state index is 13.4. The predicted molar refractivity (Wildman–Crippen MR) is 86.1 cm³/mol. The Hall–Kier alpha value is -0.930. The first-order valence-corrected chi connectivity index (χ1v) is 8.05. The molecule has 3 N–H and O–H groups in total. The van der Waals surface area contributed by atoms with Crippen molar-refractivity contribution in [1.29, 1.82) is 0 Å². The highest BCUT2D eigenvalue weighted by Gasteiger charge is 2.33. The molecule has 1 aliphatic rings. The van der Waals surface area contributed by atoms with Crippen LogP contribution in [0.3, 0.4) is 0 Å². The van der Waals surface area contributed by atoms with Crippen LogP contribution in [-0.2, 0) is 0 Å². The molecule has 1 saturated carbocycles. The Bertz CT molecular complexity index is 471. The Labute approximate surface area is 128 Å². The standard InChI is InChI=1S/C18H29FN2/c1-12-11-14(7-10-16(12)19)17(21-20)13-5-8-15(9-6-13)18(2,3)4/h7,10-11,13,15,17,21H,5-6,8-9,20H2,1-4H3. The lowest BCUT2D eigenvalue weighted by Gasteiger charge is -2.39. The molecule has 2 nitrogen and oxygen atoms in total. The Morgan fingerprint density at radius 2 is 1.81 bits per heavy atom. The van der Waals surface area contributed by atoms with Crippen LogP contribution < -0.4 is 11.3 Å². The van der Waals surface area contributed by atoms with Gasteiger partial charge >= 0.3 is 0 Å². The average molecular weight is 292 g/mol. The lowest BCUT2D eigenvalue weighted by atomic mass is 9.68. The van der Waals surface area contributed by atoms with Gasteiger partial charge in [-0.3, -0.25) is 11.3 Å². The fraction of sp³-hybridized carbons (Fsp3) is 0.667. The third-order valence-electron chi connectivity index (χ3n) is 5.19. The van der Waals surface area contributed by atoms with Crippen molar-refractivity contribution in [2.24, 2.45) is 23.1 Å². The molecule has 1 aliphatic carbocycles. The van der Waals surface area contributed by atoms with Gasteiger partial charge in [0.2, 0.25) is 0 Å². The fourth-order valence-electron chi connectivity index (χ4n) is 3.68. The number of hydrogen-bond donors (Lipinski definition) is 2. The van der Waals surface area contributed by atoms with Crippen LogP contribution in [0.25, 0.3) is 0 Å². The van der Waals surface area contributed by atoms with E-state index >= 15 is 0 Å². The molecule has 0 saturated heterocycles. The van der Waals surface area contributed by atoms with E-state index in [1.54, 1.807) is 6.07 Å². The van der Waals surface area contributed by atoms with E-state index in [0.717, 1.165) is 11.5 Å². The number of hydrogen-bond acceptors (Lipinski definition) is 2. The van der Waals surface area contributed by atoms with Gasteiger partial charge in [0.1, 0.15) is 5.82 Å². The number of rotatable bonds is 3. The van der Waals surface area contributed by atoms with E-state index in [4.69, 9.17) is 5.84 Å². The second-order valence-electron chi connectivity index (χ2n) is 7.63. The monoisotopic (exact) mass is 292 g/mol. The minimum atomic E-state index is -0.147. The lowest BCUT2D eigenvalue weighted by Crippen LogP contribution is -2.36. The van der Waals surface area contributed by atoms with Gasteiger partial charge in [0.15, 0.2) is 0 Å². The Kier molecular flexibility index (Phi) is 5.05. The van der Waals surface area contributed by atoms with Crippen molar-refractivity contribution in [1.82, 2.24) is 5.43 Å². The Balaban J connectivity index is 2.07. The zero-order valence-electron chi connectivity index (χ0n) is 13.7. The van der Waals surface area contributed by atoms with Crippen LogP contribution in [0.5, 0.6) is 0 Å². The van der Waals surface area contributed by atoms with Gasteiger partial charge in [-0.25, -0.2) is 4.39 Å². The van der Waals surface area contributed by atoms with Crippen LogP contribution in [0.1, 0.15) is 63.6 Å². The van der Waals surface area contributed by atoms with Crippen LogP contribution in [0.2, 0.25) is 0 Å². The summed E-state index contributed by atoms with van der Waals surface area (Å²) in [6, 6.07) is 5.47. The summed E-state index contributed by atoms with van der Waals surface area (Å²) in [4.78, 5) is 0. The van der Waals surface area contributed by atoms with E-state index in [1.165, 1.54) is 25.7 Å². The van der Waals surface area contributed by atoms with Crippen molar-refractivity contribution in [2.45, 2.75) is 59.4 Å². The van der Waals surface area contributed by atoms with Gasteiger partial charge < -0.3 is 0 Å². The van der Waals surface area contributed by atoms with Crippen molar-refractivity contribution < 1.29 is 4.39 Å². The van der Waals surface area contributed by atoms with E-state index in [9.17, 15) is 4.39 Å². The number of benzene rings is 1. The zero-order chi connectivity index (χ0) is 15.6. The molecule has 0 spiro atoms. The highest BCUT2D eigenvalue weighted by atomic mass is 19.1. The fourth-order valence-corrected chi connectivity index (χ4v) is 3.68. The van der Waals surface area contributed by atoms with Crippen LogP contribution in [-0.4, -0.2) is 0 Å². The molecule has 1 fully saturated rings. The summed E-state index contributed by atoms with van der Waals surface area (Å²) >= 11 is 0. The van der Waals surface area contributed by atoms with Crippen LogP contribution in [0.4, 0.5) is 4.39 Å². The minimum absolute atomic E-state index is 0.130. The summed E-state index contributed by atoms with van der Waals surface area (Å²) in [5.74, 6) is 6.99. The van der Waals surface area contributed by atoms with Crippen molar-refractivity contribution in [3.63, 3.8) is 0 Å². The Morgan fingerprint density at radius 1 is 1.19 bits per heavy atom. The smallest absolute Gasteiger partial charge is 0.126 e. The second-order valence-corrected chi connectivity index (χ2v) is 7.63. The van der Waals surface area contributed by atoms with Gasteiger partial charge in [0.05, 0.1) is 0 Å². The zero-order valence-corrected chi connectivity index (χ0v) is 13.7. The number of hydrazine groups is 1.